The van der Waals surface area contributed by atoms with Crippen molar-refractivity contribution in [2.24, 2.45) is 17.6 Å². The number of fused-ring (bicyclic) bond motifs is 1. The van der Waals surface area contributed by atoms with E-state index in [-0.39, 0.29) is 11.5 Å². The molecule has 0 aliphatic carbocycles. The second-order valence-corrected chi connectivity index (χ2v) is 9.21. The highest BCUT2D eigenvalue weighted by molar-refractivity contribution is 5.97. The summed E-state index contributed by atoms with van der Waals surface area (Å²) in [6, 6.07) is 6.51. The second-order valence-electron chi connectivity index (χ2n) is 9.21. The van der Waals surface area contributed by atoms with Gasteiger partial charge in [0, 0.05) is 48.3 Å². The second kappa shape index (κ2) is 8.25. The van der Waals surface area contributed by atoms with Gasteiger partial charge in [-0.25, -0.2) is 9.37 Å². The zero-order chi connectivity index (χ0) is 24.1. The summed E-state index contributed by atoms with van der Waals surface area (Å²) in [6.45, 7) is 7.66. The molecule has 3 heterocycles. The average molecular weight is 450 g/mol. The van der Waals surface area contributed by atoms with Gasteiger partial charge in [-0.15, -0.1) is 0 Å². The molecule has 4 rings (SSSR count). The molecule has 2 aromatic heterocycles. The number of carbonyl (C=O) groups is 1. The van der Waals surface area contributed by atoms with Crippen molar-refractivity contribution in [3.05, 3.63) is 53.1 Å². The Bertz CT molecular complexity index is 1240. The molecule has 172 valence electrons. The maximum absolute atomic E-state index is 15.7. The standard InChI is InChI=1S/C25H28FN5O2/c1-13-7-17(19-5-6-29-23-21(19)18(9-27)10-30-23)8-20(26)22(13)25(33)14(2)11-31(12-15(25)3)24(32)16(4)28/h5-8,10,14-16,33H,11-12,28H2,1-4H3,(H,29,30)/t14-,15+,16-,25?/m1/s1. The zero-order valence-electron chi connectivity index (χ0n) is 19.2. The number of aromatic amines is 1. The van der Waals surface area contributed by atoms with E-state index < -0.39 is 29.3 Å². The van der Waals surface area contributed by atoms with Gasteiger partial charge >= 0.3 is 0 Å². The largest absolute Gasteiger partial charge is 0.384 e. The first-order valence-electron chi connectivity index (χ1n) is 11.0. The number of hydrogen-bond donors (Lipinski definition) is 3. The van der Waals surface area contributed by atoms with Crippen LogP contribution in [0.4, 0.5) is 4.39 Å². The van der Waals surface area contributed by atoms with E-state index in [1.165, 1.54) is 6.07 Å². The Balaban J connectivity index is 1.78. The topological polar surface area (TPSA) is 119 Å². The SMILES string of the molecule is Cc1cc(-c2ccnc3[nH]cc(C#N)c23)cc(F)c1C1(O)[C@H](C)CN(C(=O)[C@@H](C)N)C[C@@H]1C. The summed E-state index contributed by atoms with van der Waals surface area (Å²) in [5.41, 5.74) is 7.46. The predicted octanol–water partition coefficient (Wildman–Crippen LogP) is 3.20. The van der Waals surface area contributed by atoms with Crippen LogP contribution in [0, 0.1) is 35.9 Å². The van der Waals surface area contributed by atoms with Crippen LogP contribution in [0.3, 0.4) is 0 Å². The Kier molecular flexibility index (Phi) is 5.72. The van der Waals surface area contributed by atoms with Gasteiger partial charge in [0.05, 0.1) is 11.6 Å². The van der Waals surface area contributed by atoms with Crippen LogP contribution in [-0.4, -0.2) is 45.0 Å². The molecule has 1 fully saturated rings. The molecule has 1 aromatic carbocycles. The van der Waals surface area contributed by atoms with Crippen LogP contribution in [0.2, 0.25) is 0 Å². The minimum Gasteiger partial charge on any atom is -0.384 e. The summed E-state index contributed by atoms with van der Waals surface area (Å²) in [6.07, 6.45) is 3.20. The van der Waals surface area contributed by atoms with Gasteiger partial charge in [0.15, 0.2) is 0 Å². The van der Waals surface area contributed by atoms with E-state index in [1.54, 1.807) is 37.2 Å². The molecule has 1 saturated heterocycles. The maximum atomic E-state index is 15.7. The lowest BCUT2D eigenvalue weighted by Crippen LogP contribution is -2.58. The number of nitrogens with one attached hydrogen (secondary N) is 1. The van der Waals surface area contributed by atoms with E-state index in [0.717, 1.165) is 0 Å². The van der Waals surface area contributed by atoms with Gasteiger partial charge in [-0.1, -0.05) is 19.9 Å². The Hall–Kier alpha value is -3.28. The van der Waals surface area contributed by atoms with Gasteiger partial charge in [0.2, 0.25) is 5.91 Å². The van der Waals surface area contributed by atoms with Crippen molar-refractivity contribution < 1.29 is 14.3 Å². The molecule has 7 nitrogen and oxygen atoms in total. The van der Waals surface area contributed by atoms with Crippen LogP contribution in [0.5, 0.6) is 0 Å². The number of rotatable bonds is 3. The van der Waals surface area contributed by atoms with Gasteiger partial charge in [0.25, 0.3) is 0 Å². The van der Waals surface area contributed by atoms with Crippen LogP contribution in [-0.2, 0) is 10.4 Å². The Morgan fingerprint density at radius 1 is 1.39 bits per heavy atom. The van der Waals surface area contributed by atoms with Crippen LogP contribution >= 0.6 is 0 Å². The van der Waals surface area contributed by atoms with Crippen molar-refractivity contribution in [2.45, 2.75) is 39.3 Å². The highest BCUT2D eigenvalue weighted by Gasteiger charge is 2.49. The number of halogens is 1. The van der Waals surface area contributed by atoms with Gasteiger partial charge in [-0.05, 0) is 42.7 Å². The first-order chi connectivity index (χ1) is 15.6. The molecule has 1 amide bonds. The Morgan fingerprint density at radius 3 is 2.64 bits per heavy atom. The quantitative estimate of drug-likeness (QED) is 0.567. The number of aromatic nitrogens is 2. The summed E-state index contributed by atoms with van der Waals surface area (Å²) in [7, 11) is 0. The smallest absolute Gasteiger partial charge is 0.239 e. The average Bonchev–Trinajstić information content (AvgIpc) is 3.19. The number of nitrogens with zero attached hydrogens (tertiary/aromatic N) is 3. The lowest BCUT2D eigenvalue weighted by molar-refractivity contribution is -0.150. The molecule has 33 heavy (non-hydrogen) atoms. The van der Waals surface area contributed by atoms with Crippen LogP contribution < -0.4 is 5.73 Å². The molecule has 3 aromatic rings. The molecule has 4 N–H and O–H groups in total. The third-order valence-corrected chi connectivity index (χ3v) is 6.89. The third-order valence-electron chi connectivity index (χ3n) is 6.89. The first-order valence-corrected chi connectivity index (χ1v) is 11.0. The molecule has 0 spiro atoms. The number of carbonyl (C=O) groups excluding carboxylic acids is 1. The van der Waals surface area contributed by atoms with Crippen molar-refractivity contribution >= 4 is 16.9 Å². The fourth-order valence-electron chi connectivity index (χ4n) is 5.25. The number of amides is 1. The lowest BCUT2D eigenvalue weighted by atomic mass is 9.69. The molecule has 0 bridgehead atoms. The summed E-state index contributed by atoms with van der Waals surface area (Å²) in [5.74, 6) is -1.49. The van der Waals surface area contributed by atoms with Gasteiger partial charge in [-0.2, -0.15) is 5.26 Å². The fourth-order valence-corrected chi connectivity index (χ4v) is 5.25. The van der Waals surface area contributed by atoms with Crippen LogP contribution in [0.1, 0.15) is 37.5 Å². The van der Waals surface area contributed by atoms with Crippen LogP contribution in [0.15, 0.2) is 30.6 Å². The van der Waals surface area contributed by atoms with E-state index in [0.29, 0.717) is 46.4 Å². The third kappa shape index (κ3) is 3.58. The number of H-pyrrole nitrogens is 1. The van der Waals surface area contributed by atoms with Crippen LogP contribution in [0.25, 0.3) is 22.2 Å². The monoisotopic (exact) mass is 449 g/mol. The van der Waals surface area contributed by atoms with E-state index >= 15 is 4.39 Å². The number of nitriles is 1. The Labute approximate surface area is 192 Å². The van der Waals surface area contributed by atoms with E-state index in [2.05, 4.69) is 16.0 Å². The summed E-state index contributed by atoms with van der Waals surface area (Å²) in [4.78, 5) is 21.3. The minimum atomic E-state index is -1.44. The predicted molar refractivity (Wildman–Crippen MR) is 123 cm³/mol. The number of likely N-dealkylation sites (tertiary alicyclic amines) is 1. The molecule has 0 saturated carbocycles. The van der Waals surface area contributed by atoms with Gasteiger partial charge in [-0.3, -0.25) is 4.79 Å². The number of piperidine rings is 1. The number of aryl methyl sites for hydroxylation is 1. The molecule has 8 heteroatoms. The summed E-state index contributed by atoms with van der Waals surface area (Å²) < 4.78 is 15.7. The number of nitrogens with two attached hydrogens (primary N) is 1. The highest BCUT2D eigenvalue weighted by Crippen LogP contribution is 2.45. The normalized spacial score (nSPS) is 24.0. The molecule has 0 radical (unpaired) electrons. The van der Waals surface area contributed by atoms with Crippen molar-refractivity contribution in [3.63, 3.8) is 0 Å². The maximum Gasteiger partial charge on any atom is 0.239 e. The van der Waals surface area contributed by atoms with Crippen molar-refractivity contribution in [2.75, 3.05) is 13.1 Å². The van der Waals surface area contributed by atoms with E-state index in [1.807, 2.05) is 19.9 Å². The molecular formula is C25H28FN5O2. The number of aliphatic hydroxyl groups is 1. The minimum absolute atomic E-state index is 0.176. The lowest BCUT2D eigenvalue weighted by Gasteiger charge is -2.49. The summed E-state index contributed by atoms with van der Waals surface area (Å²) in [5, 5.41) is 21.9. The summed E-state index contributed by atoms with van der Waals surface area (Å²) >= 11 is 0. The van der Waals surface area contributed by atoms with Crippen molar-refractivity contribution in [1.29, 1.82) is 5.26 Å². The molecular weight excluding hydrogens is 421 g/mol. The van der Waals surface area contributed by atoms with E-state index in [9.17, 15) is 15.2 Å². The number of benzene rings is 1. The Morgan fingerprint density at radius 2 is 2.06 bits per heavy atom. The molecule has 4 atom stereocenters. The number of pyridine rings is 1. The van der Waals surface area contributed by atoms with Crippen molar-refractivity contribution in [3.8, 4) is 17.2 Å². The molecule has 1 aliphatic rings. The first kappa shape index (κ1) is 22.9. The number of hydrogen-bond acceptors (Lipinski definition) is 5. The fraction of sp³-hybridized carbons (Fsp3) is 0.400. The van der Waals surface area contributed by atoms with Crippen molar-refractivity contribution in [1.82, 2.24) is 14.9 Å². The van der Waals surface area contributed by atoms with E-state index in [4.69, 9.17) is 5.73 Å². The van der Waals surface area contributed by atoms with Gasteiger partial charge < -0.3 is 20.7 Å². The molecule has 1 unspecified atom stereocenters. The highest BCUT2D eigenvalue weighted by atomic mass is 19.1. The van der Waals surface area contributed by atoms with Gasteiger partial charge in [0.1, 0.15) is 23.1 Å². The molecule has 1 aliphatic heterocycles. The zero-order valence-corrected chi connectivity index (χ0v) is 19.2.